The largest absolute Gasteiger partial charge is 0.352 e. The molecule has 1 amide bonds. The Labute approximate surface area is 93.8 Å². The Morgan fingerprint density at radius 1 is 1.60 bits per heavy atom. The first-order valence-electron chi connectivity index (χ1n) is 5.15. The zero-order valence-corrected chi connectivity index (χ0v) is 9.13. The number of hydrogen-bond acceptors (Lipinski definition) is 2. The van der Waals surface area contributed by atoms with Crippen LogP contribution >= 0.6 is 11.6 Å². The smallest absolute Gasteiger partial charge is 0.252 e. The minimum absolute atomic E-state index is 0.108. The summed E-state index contributed by atoms with van der Waals surface area (Å²) in [5.41, 5.74) is 0.502. The SMILES string of the molecule is O=C(NCCC1CC1)c1ccncc1Cl. The molecule has 0 aromatic carbocycles. The van der Waals surface area contributed by atoms with Gasteiger partial charge in [0.1, 0.15) is 0 Å². The summed E-state index contributed by atoms with van der Waals surface area (Å²) in [6, 6.07) is 1.63. The number of rotatable bonds is 4. The molecule has 1 heterocycles. The molecule has 1 saturated carbocycles. The van der Waals surface area contributed by atoms with E-state index in [4.69, 9.17) is 11.6 Å². The molecule has 0 saturated heterocycles. The van der Waals surface area contributed by atoms with Gasteiger partial charge in [0, 0.05) is 18.9 Å². The summed E-state index contributed by atoms with van der Waals surface area (Å²) in [6.45, 7) is 0.738. The van der Waals surface area contributed by atoms with Crippen molar-refractivity contribution in [2.45, 2.75) is 19.3 Å². The average molecular weight is 225 g/mol. The maximum absolute atomic E-state index is 11.6. The van der Waals surface area contributed by atoms with E-state index >= 15 is 0 Å². The van der Waals surface area contributed by atoms with Crippen molar-refractivity contribution in [3.05, 3.63) is 29.0 Å². The molecule has 1 aromatic rings. The second-order valence-electron chi connectivity index (χ2n) is 3.84. The molecule has 0 bridgehead atoms. The molecule has 4 heteroatoms. The molecule has 0 aliphatic heterocycles. The summed E-state index contributed by atoms with van der Waals surface area (Å²) < 4.78 is 0. The number of nitrogens with zero attached hydrogens (tertiary/aromatic N) is 1. The van der Waals surface area contributed by atoms with E-state index in [-0.39, 0.29) is 5.91 Å². The summed E-state index contributed by atoms with van der Waals surface area (Å²) in [4.78, 5) is 15.5. The molecule has 0 spiro atoms. The molecule has 80 valence electrons. The molecule has 1 aliphatic rings. The topological polar surface area (TPSA) is 42.0 Å². The first-order valence-corrected chi connectivity index (χ1v) is 5.53. The van der Waals surface area contributed by atoms with Gasteiger partial charge in [-0.3, -0.25) is 9.78 Å². The van der Waals surface area contributed by atoms with E-state index < -0.39 is 0 Å². The van der Waals surface area contributed by atoms with Crippen LogP contribution < -0.4 is 5.32 Å². The van der Waals surface area contributed by atoms with E-state index in [1.165, 1.54) is 19.0 Å². The van der Waals surface area contributed by atoms with Crippen LogP contribution in [0.5, 0.6) is 0 Å². The predicted octanol–water partition coefficient (Wildman–Crippen LogP) is 2.26. The number of carbonyl (C=O) groups is 1. The normalized spacial score (nSPS) is 15.0. The van der Waals surface area contributed by atoms with E-state index in [1.54, 1.807) is 12.3 Å². The maximum Gasteiger partial charge on any atom is 0.252 e. The molecule has 3 nitrogen and oxygen atoms in total. The van der Waals surface area contributed by atoms with Crippen LogP contribution in [0.4, 0.5) is 0 Å². The van der Waals surface area contributed by atoms with Gasteiger partial charge in [0.2, 0.25) is 0 Å². The summed E-state index contributed by atoms with van der Waals surface area (Å²) in [6.07, 6.45) is 6.76. The predicted molar refractivity (Wildman–Crippen MR) is 58.9 cm³/mol. The van der Waals surface area contributed by atoms with Crippen molar-refractivity contribution in [2.75, 3.05) is 6.54 Å². The number of amides is 1. The van der Waals surface area contributed by atoms with Crippen molar-refractivity contribution in [3.8, 4) is 0 Å². The average Bonchev–Trinajstić information content (AvgIpc) is 3.02. The lowest BCUT2D eigenvalue weighted by Gasteiger charge is -2.05. The molecule has 1 N–H and O–H groups in total. The second-order valence-corrected chi connectivity index (χ2v) is 4.25. The van der Waals surface area contributed by atoms with Crippen molar-refractivity contribution >= 4 is 17.5 Å². The molecule has 0 atom stereocenters. The van der Waals surface area contributed by atoms with Gasteiger partial charge in [0.05, 0.1) is 10.6 Å². The van der Waals surface area contributed by atoms with Gasteiger partial charge in [-0.25, -0.2) is 0 Å². The lowest BCUT2D eigenvalue weighted by molar-refractivity contribution is 0.0952. The minimum Gasteiger partial charge on any atom is -0.352 e. The van der Waals surface area contributed by atoms with Gasteiger partial charge in [0.25, 0.3) is 5.91 Å². The van der Waals surface area contributed by atoms with Crippen molar-refractivity contribution in [1.82, 2.24) is 10.3 Å². The molecule has 1 aromatic heterocycles. The highest BCUT2D eigenvalue weighted by molar-refractivity contribution is 6.33. The Bertz CT molecular complexity index is 363. The standard InChI is InChI=1S/C11H13ClN2O/c12-10-7-13-5-4-9(10)11(15)14-6-3-8-1-2-8/h4-5,7-8H,1-3,6H2,(H,14,15). The Hall–Kier alpha value is -1.09. The van der Waals surface area contributed by atoms with E-state index in [0.717, 1.165) is 18.9 Å². The monoisotopic (exact) mass is 224 g/mol. The number of hydrogen-bond donors (Lipinski definition) is 1. The van der Waals surface area contributed by atoms with Crippen LogP contribution in [0.3, 0.4) is 0 Å². The zero-order chi connectivity index (χ0) is 10.7. The molecular weight excluding hydrogens is 212 g/mol. The fraction of sp³-hybridized carbons (Fsp3) is 0.455. The van der Waals surface area contributed by atoms with E-state index in [1.807, 2.05) is 0 Å². The second kappa shape index (κ2) is 4.62. The van der Waals surface area contributed by atoms with Crippen LogP contribution in [-0.2, 0) is 0 Å². The molecular formula is C11H13ClN2O. The molecule has 2 rings (SSSR count). The summed E-state index contributed by atoms with van der Waals surface area (Å²) in [5, 5.41) is 3.26. The van der Waals surface area contributed by atoms with E-state index in [0.29, 0.717) is 10.6 Å². The van der Waals surface area contributed by atoms with Crippen LogP contribution in [0.15, 0.2) is 18.5 Å². The molecule has 1 fully saturated rings. The Morgan fingerprint density at radius 2 is 2.40 bits per heavy atom. The quantitative estimate of drug-likeness (QED) is 0.853. The van der Waals surface area contributed by atoms with Crippen molar-refractivity contribution in [2.24, 2.45) is 5.92 Å². The number of carbonyl (C=O) groups excluding carboxylic acids is 1. The minimum atomic E-state index is -0.108. The first-order chi connectivity index (χ1) is 7.27. The molecule has 0 unspecified atom stereocenters. The summed E-state index contributed by atoms with van der Waals surface area (Å²) in [5.74, 6) is 0.723. The Morgan fingerprint density at radius 3 is 3.07 bits per heavy atom. The lowest BCUT2D eigenvalue weighted by atomic mass is 10.2. The number of aromatic nitrogens is 1. The third-order valence-electron chi connectivity index (χ3n) is 2.55. The Kier molecular flexibility index (Phi) is 3.21. The van der Waals surface area contributed by atoms with Crippen molar-refractivity contribution < 1.29 is 4.79 Å². The fourth-order valence-electron chi connectivity index (χ4n) is 1.45. The summed E-state index contributed by atoms with van der Waals surface area (Å²) >= 11 is 5.85. The van der Waals surface area contributed by atoms with E-state index in [9.17, 15) is 4.79 Å². The highest BCUT2D eigenvalue weighted by Crippen LogP contribution is 2.31. The van der Waals surface area contributed by atoms with Crippen molar-refractivity contribution in [3.63, 3.8) is 0 Å². The van der Waals surface area contributed by atoms with Crippen molar-refractivity contribution in [1.29, 1.82) is 0 Å². The van der Waals surface area contributed by atoms with Gasteiger partial charge in [-0.1, -0.05) is 24.4 Å². The third-order valence-corrected chi connectivity index (χ3v) is 2.85. The van der Waals surface area contributed by atoms with Crippen LogP contribution in [0.1, 0.15) is 29.6 Å². The van der Waals surface area contributed by atoms with Gasteiger partial charge < -0.3 is 5.32 Å². The van der Waals surface area contributed by atoms with Gasteiger partial charge in [0.15, 0.2) is 0 Å². The highest BCUT2D eigenvalue weighted by atomic mass is 35.5. The number of pyridine rings is 1. The molecule has 0 radical (unpaired) electrons. The van der Waals surface area contributed by atoms with E-state index in [2.05, 4.69) is 10.3 Å². The van der Waals surface area contributed by atoms with Crippen LogP contribution in [0, 0.1) is 5.92 Å². The number of halogens is 1. The third kappa shape index (κ3) is 2.93. The van der Waals surface area contributed by atoms with Gasteiger partial charge in [-0.15, -0.1) is 0 Å². The lowest BCUT2D eigenvalue weighted by Crippen LogP contribution is -2.25. The van der Waals surface area contributed by atoms with Crippen LogP contribution in [0.25, 0.3) is 0 Å². The van der Waals surface area contributed by atoms with Crippen LogP contribution in [-0.4, -0.2) is 17.4 Å². The summed E-state index contributed by atoms with van der Waals surface area (Å²) in [7, 11) is 0. The zero-order valence-electron chi connectivity index (χ0n) is 8.37. The highest BCUT2D eigenvalue weighted by Gasteiger charge is 2.20. The van der Waals surface area contributed by atoms with Gasteiger partial charge in [-0.05, 0) is 18.4 Å². The fourth-order valence-corrected chi connectivity index (χ4v) is 1.66. The number of nitrogens with one attached hydrogen (secondary N) is 1. The molecule has 1 aliphatic carbocycles. The van der Waals surface area contributed by atoms with Gasteiger partial charge >= 0.3 is 0 Å². The van der Waals surface area contributed by atoms with Gasteiger partial charge in [-0.2, -0.15) is 0 Å². The Balaban J connectivity index is 1.86. The first kappa shape index (κ1) is 10.4. The van der Waals surface area contributed by atoms with Crippen LogP contribution in [0.2, 0.25) is 5.02 Å². The molecule has 15 heavy (non-hydrogen) atoms. The maximum atomic E-state index is 11.6.